The third-order valence-corrected chi connectivity index (χ3v) is 12.6. The fourth-order valence-electron chi connectivity index (χ4n) is 7.96. The highest BCUT2D eigenvalue weighted by Crippen LogP contribution is 2.47. The summed E-state index contributed by atoms with van der Waals surface area (Å²) in [7, 11) is -4.19. The van der Waals surface area contributed by atoms with Crippen LogP contribution in [0.15, 0.2) is 16.1 Å². The number of hydrogen-bond donors (Lipinski definition) is 6. The van der Waals surface area contributed by atoms with Gasteiger partial charge in [-0.25, -0.2) is 19.2 Å². The van der Waals surface area contributed by atoms with E-state index in [0.717, 1.165) is 44.6 Å². The maximum Gasteiger partial charge on any atom is 0.405 e. The van der Waals surface area contributed by atoms with Gasteiger partial charge in [-0.05, 0) is 38.1 Å². The van der Waals surface area contributed by atoms with Crippen LogP contribution in [0.25, 0.3) is 11.2 Å². The number of aliphatic hydroxyl groups is 2. The van der Waals surface area contributed by atoms with Gasteiger partial charge in [-0.2, -0.15) is 4.98 Å². The van der Waals surface area contributed by atoms with Gasteiger partial charge >= 0.3 is 7.75 Å². The Morgan fingerprint density at radius 2 is 1.68 bits per heavy atom. The summed E-state index contributed by atoms with van der Waals surface area (Å²) < 4.78 is 37.8. The van der Waals surface area contributed by atoms with Crippen LogP contribution in [0.1, 0.15) is 70.4 Å². The van der Waals surface area contributed by atoms with Crippen molar-refractivity contribution < 1.29 is 38.4 Å². The van der Waals surface area contributed by atoms with Crippen LogP contribution in [0.4, 0.5) is 5.95 Å². The fourth-order valence-corrected chi connectivity index (χ4v) is 9.13. The van der Waals surface area contributed by atoms with Gasteiger partial charge in [-0.3, -0.25) is 34.6 Å². The molecule has 0 bridgehead atoms. The third kappa shape index (κ3) is 9.23. The van der Waals surface area contributed by atoms with Gasteiger partial charge in [0.2, 0.25) is 11.9 Å². The average Bonchev–Trinajstić information content (AvgIpc) is 3.74. The summed E-state index contributed by atoms with van der Waals surface area (Å²) in [6.45, 7) is 4.46. The smallest absolute Gasteiger partial charge is 0.387 e. The van der Waals surface area contributed by atoms with Crippen LogP contribution in [-0.4, -0.2) is 152 Å². The maximum atomic E-state index is 13.4. The zero-order chi connectivity index (χ0) is 36.8. The summed E-state index contributed by atoms with van der Waals surface area (Å²) in [6.07, 6.45) is 7.58. The minimum absolute atomic E-state index is 0.0194. The summed E-state index contributed by atoms with van der Waals surface area (Å²) in [6, 6.07) is 0.0884. The van der Waals surface area contributed by atoms with Crippen LogP contribution in [-0.2, 0) is 23.3 Å². The maximum absolute atomic E-state index is 13.4. The Bertz CT molecular complexity index is 1620. The molecule has 2 aliphatic carbocycles. The van der Waals surface area contributed by atoms with Crippen molar-refractivity contribution in [2.75, 3.05) is 77.9 Å². The van der Waals surface area contributed by atoms with E-state index in [1.165, 1.54) is 47.7 Å². The normalized spacial score (nSPS) is 28.4. The molecule has 0 radical (unpaired) electrons. The van der Waals surface area contributed by atoms with Gasteiger partial charge in [0, 0.05) is 26.2 Å². The summed E-state index contributed by atoms with van der Waals surface area (Å²) in [5.74, 6) is 1.58. The molecule has 2 saturated carbocycles. The second-order valence-electron chi connectivity index (χ2n) is 14.6. The van der Waals surface area contributed by atoms with Gasteiger partial charge in [0.05, 0.1) is 52.1 Å². The molecule has 19 nitrogen and oxygen atoms in total. The lowest BCUT2D eigenvalue weighted by atomic mass is 9.89. The quantitative estimate of drug-likeness (QED) is 0.0582. The Kier molecular flexibility index (Phi) is 13.0. The van der Waals surface area contributed by atoms with Crippen LogP contribution >= 0.6 is 7.75 Å². The van der Waals surface area contributed by atoms with E-state index in [0.29, 0.717) is 52.1 Å². The molecule has 2 aromatic rings. The molecule has 5 heterocycles. The van der Waals surface area contributed by atoms with Gasteiger partial charge in [-0.1, -0.05) is 38.5 Å². The van der Waals surface area contributed by atoms with E-state index in [-0.39, 0.29) is 36.2 Å². The first kappa shape index (κ1) is 38.6. The summed E-state index contributed by atoms with van der Waals surface area (Å²) in [4.78, 5) is 43.1. The van der Waals surface area contributed by atoms with Crippen molar-refractivity contribution in [3.05, 3.63) is 16.7 Å². The predicted molar refractivity (Wildman–Crippen MR) is 194 cm³/mol. The van der Waals surface area contributed by atoms with Crippen molar-refractivity contribution in [1.29, 1.82) is 0 Å². The SMILES string of the molecule is O=c1[nH]c(NN(C(=NCNCC2CCCCC2)N2CCOCC2)C2CCCCC2)nc2c1ncn2[C@@H]1O[C@H](COP(=O)(O)N2CCOCC2)[C@@H](O)[C@H]1O. The second-order valence-corrected chi connectivity index (χ2v) is 16.4. The van der Waals surface area contributed by atoms with E-state index in [4.69, 9.17) is 28.7 Å². The van der Waals surface area contributed by atoms with Gasteiger partial charge in [-0.15, -0.1) is 0 Å². The molecule has 7 rings (SSSR count). The second kappa shape index (κ2) is 17.8. The van der Waals surface area contributed by atoms with Crippen molar-refractivity contribution in [1.82, 2.24) is 39.4 Å². The number of rotatable bonds is 12. The number of ether oxygens (including phenoxy) is 3. The number of aliphatic imine (C=N–C) groups is 1. The lowest BCUT2D eigenvalue weighted by Crippen LogP contribution is -2.55. The Morgan fingerprint density at radius 1 is 1.00 bits per heavy atom. The van der Waals surface area contributed by atoms with E-state index in [1.54, 1.807) is 0 Å². The first-order chi connectivity index (χ1) is 25.8. The summed E-state index contributed by atoms with van der Waals surface area (Å²) >= 11 is 0. The first-order valence-electron chi connectivity index (χ1n) is 19.2. The Balaban J connectivity index is 1.11. The molecule has 3 saturated heterocycles. The molecule has 0 spiro atoms. The summed E-state index contributed by atoms with van der Waals surface area (Å²) in [5.41, 5.74) is 3.05. The van der Waals surface area contributed by atoms with E-state index in [1.807, 2.05) is 5.01 Å². The number of anilines is 1. The van der Waals surface area contributed by atoms with Crippen molar-refractivity contribution in [2.45, 2.75) is 94.8 Å². The largest absolute Gasteiger partial charge is 0.405 e. The number of aromatic amines is 1. The number of hydrazine groups is 1. The number of morpholine rings is 2. The molecule has 5 atom stereocenters. The number of fused-ring (bicyclic) bond motifs is 1. The number of H-pyrrole nitrogens is 1. The zero-order valence-electron chi connectivity index (χ0n) is 30.3. The molecule has 296 valence electrons. The number of imidazole rings is 1. The number of nitrogens with zero attached hydrogens (tertiary/aromatic N) is 7. The predicted octanol–water partition coefficient (Wildman–Crippen LogP) is 0.965. The molecule has 0 amide bonds. The number of nitrogens with one attached hydrogen (secondary N) is 3. The Morgan fingerprint density at radius 3 is 2.40 bits per heavy atom. The molecular weight excluding hydrogens is 711 g/mol. The van der Waals surface area contributed by atoms with Gasteiger partial charge in [0.25, 0.3) is 5.56 Å². The molecule has 1 unspecified atom stereocenters. The van der Waals surface area contributed by atoms with Crippen molar-refractivity contribution in [3.8, 4) is 0 Å². The molecular formula is C33H55N10O9P. The third-order valence-electron chi connectivity index (χ3n) is 11.0. The molecule has 20 heteroatoms. The fraction of sp³-hybridized carbons (Fsp3) is 0.818. The first-order valence-corrected chi connectivity index (χ1v) is 20.7. The molecule has 5 fully saturated rings. The molecule has 6 N–H and O–H groups in total. The van der Waals surface area contributed by atoms with E-state index in [9.17, 15) is 24.5 Å². The average molecular weight is 767 g/mol. The number of aromatic nitrogens is 4. The molecule has 3 aliphatic heterocycles. The van der Waals surface area contributed by atoms with Crippen molar-refractivity contribution >= 4 is 30.8 Å². The highest BCUT2D eigenvalue weighted by atomic mass is 31.2. The number of aliphatic hydroxyl groups excluding tert-OH is 2. The molecule has 53 heavy (non-hydrogen) atoms. The minimum Gasteiger partial charge on any atom is -0.387 e. The molecule has 0 aromatic carbocycles. The van der Waals surface area contributed by atoms with E-state index in [2.05, 4.69) is 25.6 Å². The lowest BCUT2D eigenvalue weighted by molar-refractivity contribution is -0.0507. The van der Waals surface area contributed by atoms with Crippen LogP contribution < -0.4 is 16.3 Å². The highest BCUT2D eigenvalue weighted by molar-refractivity contribution is 7.50. The number of guanidine groups is 1. The van der Waals surface area contributed by atoms with Gasteiger partial charge in [0.15, 0.2) is 17.4 Å². The van der Waals surface area contributed by atoms with Gasteiger partial charge in [0.1, 0.15) is 18.3 Å². The van der Waals surface area contributed by atoms with Crippen LogP contribution in [0.2, 0.25) is 0 Å². The highest BCUT2D eigenvalue weighted by Gasteiger charge is 2.46. The van der Waals surface area contributed by atoms with E-state index >= 15 is 0 Å². The van der Waals surface area contributed by atoms with Gasteiger partial charge < -0.3 is 34.2 Å². The van der Waals surface area contributed by atoms with E-state index < -0.39 is 44.5 Å². The topological polar surface area (TPSA) is 224 Å². The lowest BCUT2D eigenvalue weighted by Gasteiger charge is -2.41. The monoisotopic (exact) mass is 766 g/mol. The van der Waals surface area contributed by atoms with Crippen molar-refractivity contribution in [2.24, 2.45) is 10.9 Å². The Hall–Kier alpha value is -2.71. The van der Waals surface area contributed by atoms with Crippen LogP contribution in [0.3, 0.4) is 0 Å². The standard InChI is InChI=1S/C33H55N10O9P/c44-27-25(20-51-53(47,48)41-13-17-50-18-14-41)52-31(28(27)45)42-22-36-26-29(42)37-32(38-30(26)46)39-43(24-9-5-2-6-10-24)33(40-11-15-49-16-12-40)35-21-34-19-23-7-3-1-4-8-23/h22-25,27-28,31,34,44-45H,1-21H2,(H,47,48)(H2,37,38,39,46)/t25-,27-,28-,31-/m1/s1. The molecule has 2 aromatic heterocycles. The Labute approximate surface area is 308 Å². The minimum atomic E-state index is -4.19. The van der Waals surface area contributed by atoms with Crippen LogP contribution in [0.5, 0.6) is 0 Å². The molecule has 5 aliphatic rings. The zero-order valence-corrected chi connectivity index (χ0v) is 31.2. The van der Waals surface area contributed by atoms with Crippen molar-refractivity contribution in [3.63, 3.8) is 0 Å². The number of hydrogen-bond acceptors (Lipinski definition) is 13. The summed E-state index contributed by atoms with van der Waals surface area (Å²) in [5, 5.41) is 27.6. The van der Waals surface area contributed by atoms with Crippen LogP contribution in [0, 0.1) is 5.92 Å².